The van der Waals surface area contributed by atoms with Crippen LogP contribution in [0.2, 0.25) is 0 Å². The van der Waals surface area contributed by atoms with E-state index in [1.165, 1.54) is 51.6 Å². The molecule has 0 aromatic rings. The molecule has 1 heterocycles. The molecule has 0 unspecified atom stereocenters. The molecule has 76 valence electrons. The van der Waals surface area contributed by atoms with Gasteiger partial charge in [-0.3, -0.25) is 4.90 Å². The Bertz CT molecular complexity index is 152. The summed E-state index contributed by atoms with van der Waals surface area (Å²) in [4.78, 5) is 2.65. The molecule has 2 atom stereocenters. The first kappa shape index (κ1) is 9.47. The van der Waals surface area contributed by atoms with Crippen molar-refractivity contribution in [2.75, 3.05) is 20.2 Å². The van der Waals surface area contributed by atoms with Crippen LogP contribution in [0.25, 0.3) is 0 Å². The summed E-state index contributed by atoms with van der Waals surface area (Å²) in [7, 11) is 1.87. The van der Waals surface area contributed by atoms with Gasteiger partial charge in [0.25, 0.3) is 0 Å². The van der Waals surface area contributed by atoms with Crippen LogP contribution in [0.5, 0.6) is 0 Å². The van der Waals surface area contributed by atoms with Gasteiger partial charge in [0.05, 0.1) is 6.10 Å². The first-order chi connectivity index (χ1) is 6.42. The largest absolute Gasteiger partial charge is 0.380 e. The van der Waals surface area contributed by atoms with Crippen LogP contribution >= 0.6 is 0 Å². The number of methoxy groups -OCH3 is 1. The Balaban J connectivity index is 1.93. The lowest BCUT2D eigenvalue weighted by Crippen LogP contribution is -2.44. The highest BCUT2D eigenvalue weighted by Crippen LogP contribution is 2.27. The van der Waals surface area contributed by atoms with E-state index in [1.54, 1.807) is 0 Å². The van der Waals surface area contributed by atoms with Gasteiger partial charge in [0, 0.05) is 13.2 Å². The molecule has 0 aromatic carbocycles. The summed E-state index contributed by atoms with van der Waals surface area (Å²) in [5, 5.41) is 0. The van der Waals surface area contributed by atoms with Crippen molar-refractivity contribution in [2.24, 2.45) is 0 Å². The van der Waals surface area contributed by atoms with Crippen molar-refractivity contribution in [3.63, 3.8) is 0 Å². The van der Waals surface area contributed by atoms with Crippen LogP contribution in [0.15, 0.2) is 0 Å². The number of hydrogen-bond donors (Lipinski definition) is 0. The lowest BCUT2D eigenvalue weighted by molar-refractivity contribution is -0.00275. The molecule has 0 bridgehead atoms. The second-order valence-corrected chi connectivity index (χ2v) is 4.37. The third-order valence-electron chi connectivity index (χ3n) is 3.58. The van der Waals surface area contributed by atoms with Crippen molar-refractivity contribution < 1.29 is 4.74 Å². The Morgan fingerprint density at radius 1 is 1.00 bits per heavy atom. The lowest BCUT2D eigenvalue weighted by atomic mass is 9.91. The highest BCUT2D eigenvalue weighted by molar-refractivity contribution is 4.86. The quantitative estimate of drug-likeness (QED) is 0.649. The molecule has 0 amide bonds. The molecule has 2 heteroatoms. The molecule has 1 saturated carbocycles. The number of likely N-dealkylation sites (tertiary alicyclic amines) is 1. The van der Waals surface area contributed by atoms with E-state index in [9.17, 15) is 0 Å². The molecule has 0 N–H and O–H groups in total. The molecule has 0 spiro atoms. The molecular formula is C11H21NO. The molecular weight excluding hydrogens is 162 g/mol. The highest BCUT2D eigenvalue weighted by atomic mass is 16.5. The Kier molecular flexibility index (Phi) is 3.23. The van der Waals surface area contributed by atoms with Gasteiger partial charge >= 0.3 is 0 Å². The third kappa shape index (κ3) is 2.05. The van der Waals surface area contributed by atoms with E-state index in [1.807, 2.05) is 7.11 Å². The molecule has 2 rings (SSSR count). The fourth-order valence-corrected chi connectivity index (χ4v) is 2.84. The van der Waals surface area contributed by atoms with Crippen LogP contribution < -0.4 is 0 Å². The summed E-state index contributed by atoms with van der Waals surface area (Å²) in [5.41, 5.74) is 0. The monoisotopic (exact) mass is 183 g/mol. The first-order valence-corrected chi connectivity index (χ1v) is 5.68. The predicted molar refractivity (Wildman–Crippen MR) is 53.9 cm³/mol. The van der Waals surface area contributed by atoms with Gasteiger partial charge < -0.3 is 4.74 Å². The van der Waals surface area contributed by atoms with E-state index < -0.39 is 0 Å². The van der Waals surface area contributed by atoms with Crippen molar-refractivity contribution in [2.45, 2.75) is 50.7 Å². The summed E-state index contributed by atoms with van der Waals surface area (Å²) < 4.78 is 5.57. The minimum absolute atomic E-state index is 0.520. The molecule has 1 aliphatic carbocycles. The highest BCUT2D eigenvalue weighted by Gasteiger charge is 2.31. The molecule has 1 aliphatic heterocycles. The number of hydrogen-bond acceptors (Lipinski definition) is 2. The van der Waals surface area contributed by atoms with Crippen LogP contribution in [-0.2, 0) is 4.74 Å². The summed E-state index contributed by atoms with van der Waals surface area (Å²) in [6, 6.07) is 0.737. The number of rotatable bonds is 2. The fourth-order valence-electron chi connectivity index (χ4n) is 2.84. The van der Waals surface area contributed by atoms with Crippen molar-refractivity contribution in [1.29, 1.82) is 0 Å². The maximum Gasteiger partial charge on any atom is 0.0726 e. The predicted octanol–water partition coefficient (Wildman–Crippen LogP) is 2.04. The summed E-state index contributed by atoms with van der Waals surface area (Å²) in [6.45, 7) is 2.62. The van der Waals surface area contributed by atoms with Crippen LogP contribution in [0.3, 0.4) is 0 Å². The van der Waals surface area contributed by atoms with Gasteiger partial charge in [-0.2, -0.15) is 0 Å². The fraction of sp³-hybridized carbons (Fsp3) is 1.00. The second-order valence-electron chi connectivity index (χ2n) is 4.37. The van der Waals surface area contributed by atoms with Gasteiger partial charge in [-0.05, 0) is 38.8 Å². The van der Waals surface area contributed by atoms with E-state index in [4.69, 9.17) is 4.74 Å². The zero-order valence-electron chi connectivity index (χ0n) is 8.67. The Labute approximate surface area is 81.3 Å². The maximum atomic E-state index is 5.57. The Hall–Kier alpha value is -0.0800. The van der Waals surface area contributed by atoms with Gasteiger partial charge in [0.2, 0.25) is 0 Å². The second kappa shape index (κ2) is 4.43. The van der Waals surface area contributed by atoms with Crippen molar-refractivity contribution >= 4 is 0 Å². The molecule has 0 aromatic heterocycles. The Morgan fingerprint density at radius 2 is 1.69 bits per heavy atom. The zero-order chi connectivity index (χ0) is 9.10. The van der Waals surface area contributed by atoms with Crippen molar-refractivity contribution in [3.05, 3.63) is 0 Å². The summed E-state index contributed by atoms with van der Waals surface area (Å²) >= 11 is 0. The van der Waals surface area contributed by atoms with Gasteiger partial charge in [0.1, 0.15) is 0 Å². The molecule has 13 heavy (non-hydrogen) atoms. The third-order valence-corrected chi connectivity index (χ3v) is 3.58. The van der Waals surface area contributed by atoms with Crippen LogP contribution in [0, 0.1) is 0 Å². The molecule has 0 radical (unpaired) electrons. The Morgan fingerprint density at radius 3 is 2.38 bits per heavy atom. The molecule has 1 saturated heterocycles. The number of nitrogens with zero attached hydrogens (tertiary/aromatic N) is 1. The van der Waals surface area contributed by atoms with Gasteiger partial charge in [-0.1, -0.05) is 12.8 Å². The normalized spacial score (nSPS) is 36.7. The van der Waals surface area contributed by atoms with Gasteiger partial charge in [-0.15, -0.1) is 0 Å². The first-order valence-electron chi connectivity index (χ1n) is 5.68. The number of ether oxygens (including phenoxy) is 1. The smallest absolute Gasteiger partial charge is 0.0726 e. The van der Waals surface area contributed by atoms with Crippen LogP contribution in [0.4, 0.5) is 0 Å². The lowest BCUT2D eigenvalue weighted by Gasteiger charge is -2.36. The van der Waals surface area contributed by atoms with E-state index in [2.05, 4.69) is 4.90 Å². The maximum absolute atomic E-state index is 5.57. The van der Waals surface area contributed by atoms with E-state index in [0.29, 0.717) is 6.10 Å². The zero-order valence-corrected chi connectivity index (χ0v) is 8.67. The summed E-state index contributed by atoms with van der Waals surface area (Å²) in [6.07, 6.45) is 8.71. The average Bonchev–Trinajstić information content (AvgIpc) is 2.70. The minimum Gasteiger partial charge on any atom is -0.380 e. The molecule has 2 aliphatic rings. The SMILES string of the molecule is CO[C@H]1CCCC[C@@H]1N1CCCC1. The van der Waals surface area contributed by atoms with Crippen molar-refractivity contribution in [3.8, 4) is 0 Å². The van der Waals surface area contributed by atoms with E-state index in [0.717, 1.165) is 6.04 Å². The molecule has 2 fully saturated rings. The minimum atomic E-state index is 0.520. The van der Waals surface area contributed by atoms with E-state index >= 15 is 0 Å². The van der Waals surface area contributed by atoms with Crippen LogP contribution in [-0.4, -0.2) is 37.2 Å². The standard InChI is InChI=1S/C11H21NO/c1-13-11-7-3-2-6-10(11)12-8-4-5-9-12/h10-11H,2-9H2,1H3/t10-,11-/m0/s1. The van der Waals surface area contributed by atoms with E-state index in [-0.39, 0.29) is 0 Å². The van der Waals surface area contributed by atoms with Crippen molar-refractivity contribution in [1.82, 2.24) is 4.90 Å². The molecule has 2 nitrogen and oxygen atoms in total. The topological polar surface area (TPSA) is 12.5 Å². The van der Waals surface area contributed by atoms with Gasteiger partial charge in [0.15, 0.2) is 0 Å². The van der Waals surface area contributed by atoms with Crippen LogP contribution in [0.1, 0.15) is 38.5 Å². The average molecular weight is 183 g/mol. The van der Waals surface area contributed by atoms with Gasteiger partial charge in [-0.25, -0.2) is 0 Å². The summed E-state index contributed by atoms with van der Waals surface area (Å²) in [5.74, 6) is 0.